The Labute approximate surface area is 179 Å². The minimum Gasteiger partial charge on any atom is -0.332 e. The van der Waals surface area contributed by atoms with Crippen molar-refractivity contribution in [3.63, 3.8) is 0 Å². The van der Waals surface area contributed by atoms with Crippen LogP contribution in [-0.4, -0.2) is 16.9 Å². The van der Waals surface area contributed by atoms with Crippen LogP contribution in [0.2, 0.25) is 5.02 Å². The molecule has 5 nitrogen and oxygen atoms in total. The standard InChI is InChI=1S/C22H18ClN3O2S/c1-14-4-2-5-15(12-14)21(28)26-22(29)25-19-10-8-18(9-11-19)24-20(27)16-6-3-7-17(23)13-16/h2-13H,1H3,(H,24,27)(H2,25,26,28,29). The van der Waals surface area contributed by atoms with E-state index >= 15 is 0 Å². The van der Waals surface area contributed by atoms with Gasteiger partial charge in [-0.25, -0.2) is 0 Å². The first-order valence-electron chi connectivity index (χ1n) is 8.77. The van der Waals surface area contributed by atoms with Gasteiger partial charge in [0.25, 0.3) is 11.8 Å². The molecule has 0 aromatic heterocycles. The molecule has 7 heteroatoms. The Morgan fingerprint density at radius 1 is 0.793 bits per heavy atom. The van der Waals surface area contributed by atoms with E-state index in [2.05, 4.69) is 16.0 Å². The summed E-state index contributed by atoms with van der Waals surface area (Å²) in [7, 11) is 0. The van der Waals surface area contributed by atoms with Crippen molar-refractivity contribution in [2.75, 3.05) is 10.6 Å². The third-order valence-corrected chi connectivity index (χ3v) is 4.43. The average molecular weight is 424 g/mol. The third-order valence-electron chi connectivity index (χ3n) is 3.99. The smallest absolute Gasteiger partial charge is 0.257 e. The van der Waals surface area contributed by atoms with E-state index < -0.39 is 0 Å². The van der Waals surface area contributed by atoms with E-state index in [1.165, 1.54) is 0 Å². The van der Waals surface area contributed by atoms with Gasteiger partial charge >= 0.3 is 0 Å². The van der Waals surface area contributed by atoms with Crippen LogP contribution in [-0.2, 0) is 0 Å². The molecule has 0 saturated carbocycles. The Kier molecular flexibility index (Phi) is 6.59. The maximum absolute atomic E-state index is 12.3. The highest BCUT2D eigenvalue weighted by Crippen LogP contribution is 2.16. The summed E-state index contributed by atoms with van der Waals surface area (Å²) in [4.78, 5) is 24.5. The number of hydrogen-bond donors (Lipinski definition) is 3. The number of rotatable bonds is 4. The molecular weight excluding hydrogens is 406 g/mol. The largest absolute Gasteiger partial charge is 0.332 e. The fourth-order valence-corrected chi connectivity index (χ4v) is 2.99. The highest BCUT2D eigenvalue weighted by atomic mass is 35.5. The van der Waals surface area contributed by atoms with Gasteiger partial charge in [0.15, 0.2) is 5.11 Å². The summed E-state index contributed by atoms with van der Waals surface area (Å²) in [5, 5.41) is 9.07. The molecule has 0 atom stereocenters. The minimum atomic E-state index is -0.281. The number of halogens is 1. The monoisotopic (exact) mass is 423 g/mol. The van der Waals surface area contributed by atoms with E-state index in [4.69, 9.17) is 23.8 Å². The van der Waals surface area contributed by atoms with Gasteiger partial charge in [-0.1, -0.05) is 35.4 Å². The number of benzene rings is 3. The lowest BCUT2D eigenvalue weighted by atomic mass is 10.1. The van der Waals surface area contributed by atoms with Gasteiger partial charge in [-0.2, -0.15) is 0 Å². The Bertz CT molecular complexity index is 1070. The van der Waals surface area contributed by atoms with Gasteiger partial charge in [0, 0.05) is 27.5 Å². The topological polar surface area (TPSA) is 70.2 Å². The SMILES string of the molecule is Cc1cccc(C(=O)NC(=S)Nc2ccc(NC(=O)c3cccc(Cl)c3)cc2)c1. The molecule has 146 valence electrons. The highest BCUT2D eigenvalue weighted by Gasteiger charge is 2.09. The molecule has 3 rings (SSSR count). The van der Waals surface area contributed by atoms with E-state index in [9.17, 15) is 9.59 Å². The summed E-state index contributed by atoms with van der Waals surface area (Å²) in [5.74, 6) is -0.536. The molecule has 29 heavy (non-hydrogen) atoms. The number of carbonyl (C=O) groups is 2. The van der Waals surface area contributed by atoms with E-state index in [0.717, 1.165) is 5.56 Å². The van der Waals surface area contributed by atoms with Crippen LogP contribution in [0.3, 0.4) is 0 Å². The van der Waals surface area contributed by atoms with E-state index in [1.54, 1.807) is 60.7 Å². The third kappa shape index (κ3) is 5.88. The zero-order valence-electron chi connectivity index (χ0n) is 15.5. The van der Waals surface area contributed by atoms with Crippen molar-refractivity contribution in [1.29, 1.82) is 0 Å². The van der Waals surface area contributed by atoms with Crippen molar-refractivity contribution < 1.29 is 9.59 Å². The first kappa shape index (κ1) is 20.5. The van der Waals surface area contributed by atoms with Gasteiger partial charge in [0.05, 0.1) is 0 Å². The zero-order valence-corrected chi connectivity index (χ0v) is 17.1. The van der Waals surface area contributed by atoms with Crippen LogP contribution in [0.15, 0.2) is 72.8 Å². The van der Waals surface area contributed by atoms with Crippen molar-refractivity contribution in [1.82, 2.24) is 5.32 Å². The molecule has 0 aliphatic heterocycles. The van der Waals surface area contributed by atoms with Crippen LogP contribution in [0.1, 0.15) is 26.3 Å². The van der Waals surface area contributed by atoms with Gasteiger partial charge in [-0.3, -0.25) is 14.9 Å². The molecule has 3 aromatic carbocycles. The van der Waals surface area contributed by atoms with E-state index in [1.807, 2.05) is 19.1 Å². The zero-order chi connectivity index (χ0) is 20.8. The number of amides is 2. The van der Waals surface area contributed by atoms with Crippen LogP contribution >= 0.6 is 23.8 Å². The first-order valence-corrected chi connectivity index (χ1v) is 9.55. The van der Waals surface area contributed by atoms with E-state index in [-0.39, 0.29) is 16.9 Å². The molecule has 2 amide bonds. The molecule has 0 heterocycles. The second-order valence-electron chi connectivity index (χ2n) is 6.32. The molecule has 0 fully saturated rings. The number of aryl methyl sites for hydroxylation is 1. The normalized spacial score (nSPS) is 10.1. The van der Waals surface area contributed by atoms with Crippen molar-refractivity contribution >= 4 is 52.1 Å². The highest BCUT2D eigenvalue weighted by molar-refractivity contribution is 7.80. The van der Waals surface area contributed by atoms with Crippen LogP contribution in [0, 0.1) is 6.92 Å². The van der Waals surface area contributed by atoms with E-state index in [0.29, 0.717) is 27.5 Å². The predicted molar refractivity (Wildman–Crippen MR) is 121 cm³/mol. The summed E-state index contributed by atoms with van der Waals surface area (Å²) >= 11 is 11.1. The maximum atomic E-state index is 12.3. The molecule has 0 saturated heterocycles. The number of anilines is 2. The number of nitrogens with one attached hydrogen (secondary N) is 3. The van der Waals surface area contributed by atoms with Gasteiger partial charge in [0.2, 0.25) is 0 Å². The van der Waals surface area contributed by atoms with Crippen LogP contribution in [0.25, 0.3) is 0 Å². The van der Waals surface area contributed by atoms with Gasteiger partial charge < -0.3 is 10.6 Å². The van der Waals surface area contributed by atoms with Crippen LogP contribution in [0.5, 0.6) is 0 Å². The molecule has 0 unspecified atom stereocenters. The molecule has 0 aliphatic carbocycles. The molecule has 3 aromatic rings. The van der Waals surface area contributed by atoms with Gasteiger partial charge in [-0.15, -0.1) is 0 Å². The lowest BCUT2D eigenvalue weighted by molar-refractivity contribution is 0.0976. The molecule has 0 bridgehead atoms. The van der Waals surface area contributed by atoms with Crippen molar-refractivity contribution in [2.45, 2.75) is 6.92 Å². The average Bonchev–Trinajstić information content (AvgIpc) is 2.69. The number of hydrogen-bond acceptors (Lipinski definition) is 3. The molecule has 0 spiro atoms. The maximum Gasteiger partial charge on any atom is 0.257 e. The summed E-state index contributed by atoms with van der Waals surface area (Å²) in [6.07, 6.45) is 0. The molecular formula is C22H18ClN3O2S. The number of carbonyl (C=O) groups excluding carboxylic acids is 2. The van der Waals surface area contributed by atoms with Gasteiger partial charge in [-0.05, 0) is 73.7 Å². The second kappa shape index (κ2) is 9.32. The summed E-state index contributed by atoms with van der Waals surface area (Å²) in [6.45, 7) is 1.92. The van der Waals surface area contributed by atoms with Crippen LogP contribution < -0.4 is 16.0 Å². The second-order valence-corrected chi connectivity index (χ2v) is 7.16. The molecule has 3 N–H and O–H groups in total. The Morgan fingerprint density at radius 3 is 2.00 bits per heavy atom. The Morgan fingerprint density at radius 2 is 1.38 bits per heavy atom. The quantitative estimate of drug-likeness (QED) is 0.515. The summed E-state index contributed by atoms with van der Waals surface area (Å²) < 4.78 is 0. The molecule has 0 radical (unpaired) electrons. The lowest BCUT2D eigenvalue weighted by Gasteiger charge is -2.11. The van der Waals surface area contributed by atoms with Gasteiger partial charge in [0.1, 0.15) is 0 Å². The predicted octanol–water partition coefficient (Wildman–Crippen LogP) is 5.03. The van der Waals surface area contributed by atoms with Crippen molar-refractivity contribution in [3.05, 3.63) is 94.5 Å². The summed E-state index contributed by atoms with van der Waals surface area (Å²) in [6, 6.07) is 20.9. The Balaban J connectivity index is 1.56. The summed E-state index contributed by atoms with van der Waals surface area (Å²) in [5.41, 5.74) is 3.30. The fourth-order valence-electron chi connectivity index (χ4n) is 2.59. The van der Waals surface area contributed by atoms with Crippen LogP contribution in [0.4, 0.5) is 11.4 Å². The Hall–Kier alpha value is -3.22. The molecule has 0 aliphatic rings. The van der Waals surface area contributed by atoms with Crippen molar-refractivity contribution in [2.24, 2.45) is 0 Å². The first-order chi connectivity index (χ1) is 13.9. The van der Waals surface area contributed by atoms with Crippen molar-refractivity contribution in [3.8, 4) is 0 Å². The lowest BCUT2D eigenvalue weighted by Crippen LogP contribution is -2.34. The minimum absolute atomic E-state index is 0.187. The number of thiocarbonyl (C=S) groups is 1. The fraction of sp³-hybridized carbons (Fsp3) is 0.0455.